The number of carbonyl (C=O) groups excluding carboxylic acids is 1. The maximum absolute atomic E-state index is 11.9. The van der Waals surface area contributed by atoms with E-state index in [0.717, 1.165) is 82.2 Å². The monoisotopic (exact) mass is 514 g/mol. The van der Waals surface area contributed by atoms with Crippen molar-refractivity contribution in [2.45, 2.75) is 52.9 Å². The van der Waals surface area contributed by atoms with E-state index in [0.29, 0.717) is 5.92 Å². The molecule has 0 aliphatic rings. The van der Waals surface area contributed by atoms with Gasteiger partial charge in [-0.25, -0.2) is 0 Å². The van der Waals surface area contributed by atoms with Crippen molar-refractivity contribution >= 4 is 33.6 Å². The molecule has 0 aromatic heterocycles. The van der Waals surface area contributed by atoms with Crippen LogP contribution in [-0.4, -0.2) is 5.78 Å². The lowest BCUT2D eigenvalue weighted by atomic mass is 9.84. The fourth-order valence-electron chi connectivity index (χ4n) is 4.83. The van der Waals surface area contributed by atoms with Crippen LogP contribution >= 0.6 is 0 Å². The van der Waals surface area contributed by atoms with E-state index in [1.54, 1.807) is 6.92 Å². The van der Waals surface area contributed by atoms with E-state index in [4.69, 9.17) is 0 Å². The predicted molar refractivity (Wildman–Crippen MR) is 172 cm³/mol. The summed E-state index contributed by atoms with van der Waals surface area (Å²) in [5, 5.41) is 0. The molecule has 0 amide bonds. The standard InChI is InChI=1S/C38H42O/c1-26(2)33-12-9-14-35(23-33)28(5)18-20-32(22-30(7)37-16-11-17-38(25-37)31(8)39)21-19-29(6)36-15-10-13-34(24-36)27(3)4/h9-17,23-25,32H,1,3,5-7,18-22H2,2,4,8H3. The molecule has 200 valence electrons. The minimum absolute atomic E-state index is 0.0720. The molecule has 0 radical (unpaired) electrons. The smallest absolute Gasteiger partial charge is 0.159 e. The van der Waals surface area contributed by atoms with Gasteiger partial charge in [-0.05, 0) is 122 Å². The zero-order valence-electron chi connectivity index (χ0n) is 24.0. The van der Waals surface area contributed by atoms with E-state index in [1.807, 2.05) is 32.0 Å². The first-order valence-corrected chi connectivity index (χ1v) is 13.7. The summed E-state index contributed by atoms with van der Waals surface area (Å²) < 4.78 is 0. The van der Waals surface area contributed by atoms with Gasteiger partial charge in [0.1, 0.15) is 0 Å². The van der Waals surface area contributed by atoms with Crippen molar-refractivity contribution < 1.29 is 4.79 Å². The number of benzene rings is 3. The van der Waals surface area contributed by atoms with Crippen LogP contribution in [-0.2, 0) is 0 Å². The summed E-state index contributed by atoms with van der Waals surface area (Å²) >= 11 is 0. The van der Waals surface area contributed by atoms with E-state index in [2.05, 4.69) is 87.5 Å². The van der Waals surface area contributed by atoms with Crippen molar-refractivity contribution in [3.63, 3.8) is 0 Å². The van der Waals surface area contributed by atoms with E-state index in [1.165, 1.54) is 11.1 Å². The van der Waals surface area contributed by atoms with Gasteiger partial charge < -0.3 is 0 Å². The van der Waals surface area contributed by atoms with Gasteiger partial charge in [0, 0.05) is 5.56 Å². The average molecular weight is 515 g/mol. The number of hydrogen-bond donors (Lipinski definition) is 0. The van der Waals surface area contributed by atoms with Crippen LogP contribution in [0.2, 0.25) is 0 Å². The summed E-state index contributed by atoms with van der Waals surface area (Å²) in [5.74, 6) is 0.475. The van der Waals surface area contributed by atoms with Gasteiger partial charge in [0.15, 0.2) is 5.78 Å². The lowest BCUT2D eigenvalue weighted by molar-refractivity contribution is 0.101. The lowest BCUT2D eigenvalue weighted by Gasteiger charge is -2.21. The molecule has 0 bridgehead atoms. The van der Waals surface area contributed by atoms with Gasteiger partial charge in [0.05, 0.1) is 0 Å². The first-order valence-electron chi connectivity index (χ1n) is 13.7. The Kier molecular flexibility index (Phi) is 10.4. The number of hydrogen-bond acceptors (Lipinski definition) is 1. The Labute approximate surface area is 236 Å². The third-order valence-corrected chi connectivity index (χ3v) is 7.45. The number of ketones is 1. The predicted octanol–water partition coefficient (Wildman–Crippen LogP) is 11.0. The average Bonchev–Trinajstić information content (AvgIpc) is 2.94. The molecule has 0 N–H and O–H groups in total. The fourth-order valence-corrected chi connectivity index (χ4v) is 4.83. The van der Waals surface area contributed by atoms with Crippen LogP contribution in [0.25, 0.3) is 27.9 Å². The zero-order valence-corrected chi connectivity index (χ0v) is 24.0. The van der Waals surface area contributed by atoms with Crippen molar-refractivity contribution in [3.05, 3.63) is 139 Å². The molecule has 0 saturated heterocycles. The van der Waals surface area contributed by atoms with Crippen molar-refractivity contribution in [1.82, 2.24) is 0 Å². The number of allylic oxidation sites excluding steroid dienone is 5. The molecular weight excluding hydrogens is 472 g/mol. The first kappa shape index (κ1) is 29.6. The Morgan fingerprint density at radius 2 is 0.923 bits per heavy atom. The van der Waals surface area contributed by atoms with Crippen LogP contribution in [0.4, 0.5) is 0 Å². The minimum Gasteiger partial charge on any atom is -0.295 e. The Balaban J connectivity index is 1.75. The minimum atomic E-state index is 0.0720. The molecular formula is C38H42O. The van der Waals surface area contributed by atoms with Gasteiger partial charge in [-0.15, -0.1) is 0 Å². The summed E-state index contributed by atoms with van der Waals surface area (Å²) in [5.41, 5.74) is 11.9. The Bertz CT molecular complexity index is 1340. The lowest BCUT2D eigenvalue weighted by Crippen LogP contribution is -2.04. The topological polar surface area (TPSA) is 17.1 Å². The molecule has 0 atom stereocenters. The van der Waals surface area contributed by atoms with Gasteiger partial charge in [-0.2, -0.15) is 0 Å². The summed E-state index contributed by atoms with van der Waals surface area (Å²) in [7, 11) is 0. The highest BCUT2D eigenvalue weighted by atomic mass is 16.1. The van der Waals surface area contributed by atoms with Crippen LogP contribution in [0.15, 0.2) is 106 Å². The van der Waals surface area contributed by atoms with Crippen LogP contribution in [0.5, 0.6) is 0 Å². The van der Waals surface area contributed by atoms with Crippen molar-refractivity contribution in [2.24, 2.45) is 5.92 Å². The van der Waals surface area contributed by atoms with Gasteiger partial charge >= 0.3 is 0 Å². The van der Waals surface area contributed by atoms with Gasteiger partial charge in [0.25, 0.3) is 0 Å². The molecule has 0 spiro atoms. The SMILES string of the molecule is C=C(C)c1cccc(C(=C)CCC(CCC(=C)c2cccc(C(=C)C)c2)CC(=C)c2cccc(C(C)=O)c2)c1. The second kappa shape index (κ2) is 13.7. The zero-order chi connectivity index (χ0) is 28.5. The Morgan fingerprint density at radius 3 is 1.33 bits per heavy atom. The highest BCUT2D eigenvalue weighted by Gasteiger charge is 2.15. The highest BCUT2D eigenvalue weighted by Crippen LogP contribution is 2.33. The molecule has 3 aromatic rings. The van der Waals surface area contributed by atoms with E-state index in [9.17, 15) is 4.79 Å². The van der Waals surface area contributed by atoms with Gasteiger partial charge in [-0.3, -0.25) is 4.79 Å². The Morgan fingerprint density at radius 1 is 0.564 bits per heavy atom. The maximum atomic E-state index is 11.9. The van der Waals surface area contributed by atoms with Gasteiger partial charge in [-0.1, -0.05) is 98.6 Å². The highest BCUT2D eigenvalue weighted by molar-refractivity contribution is 5.94. The second-order valence-electron chi connectivity index (χ2n) is 10.8. The van der Waals surface area contributed by atoms with Crippen molar-refractivity contribution in [3.8, 4) is 0 Å². The molecule has 3 aromatic carbocycles. The number of Topliss-reactive ketones (excluding diaryl/α,β-unsaturated/α-hetero) is 1. The van der Waals surface area contributed by atoms with E-state index < -0.39 is 0 Å². The fraction of sp³-hybridized carbons (Fsp3) is 0.237. The van der Waals surface area contributed by atoms with Gasteiger partial charge in [0.2, 0.25) is 0 Å². The van der Waals surface area contributed by atoms with Crippen LogP contribution in [0, 0.1) is 5.92 Å². The molecule has 0 aliphatic heterocycles. The molecule has 0 saturated carbocycles. The molecule has 3 rings (SSSR count). The van der Waals surface area contributed by atoms with Crippen LogP contribution < -0.4 is 0 Å². The van der Waals surface area contributed by atoms with Crippen LogP contribution in [0.3, 0.4) is 0 Å². The normalized spacial score (nSPS) is 10.8. The molecule has 0 aliphatic carbocycles. The van der Waals surface area contributed by atoms with Crippen LogP contribution in [0.1, 0.15) is 91.1 Å². The van der Waals surface area contributed by atoms with E-state index >= 15 is 0 Å². The maximum Gasteiger partial charge on any atom is 0.159 e. The molecule has 39 heavy (non-hydrogen) atoms. The largest absolute Gasteiger partial charge is 0.295 e. The molecule has 1 nitrogen and oxygen atoms in total. The second-order valence-corrected chi connectivity index (χ2v) is 10.8. The summed E-state index contributed by atoms with van der Waals surface area (Å²) in [4.78, 5) is 11.9. The van der Waals surface area contributed by atoms with Crippen molar-refractivity contribution in [2.75, 3.05) is 0 Å². The summed E-state index contributed by atoms with van der Waals surface area (Å²) in [6.45, 7) is 27.1. The number of carbonyl (C=O) groups is 1. The third-order valence-electron chi connectivity index (χ3n) is 7.45. The van der Waals surface area contributed by atoms with Crippen molar-refractivity contribution in [1.29, 1.82) is 0 Å². The molecule has 0 heterocycles. The number of rotatable bonds is 14. The third kappa shape index (κ3) is 8.52. The molecule has 0 fully saturated rings. The summed E-state index contributed by atoms with van der Waals surface area (Å²) in [6.07, 6.45) is 4.67. The summed E-state index contributed by atoms with van der Waals surface area (Å²) in [6, 6.07) is 24.8. The first-order chi connectivity index (χ1) is 18.5. The molecule has 1 heteroatoms. The molecule has 0 unspecified atom stereocenters. The van der Waals surface area contributed by atoms with E-state index in [-0.39, 0.29) is 5.78 Å². The quantitative estimate of drug-likeness (QED) is 0.196. The Hall–Kier alpha value is -3.97.